The molecule has 1 fully saturated rings. The Hall–Kier alpha value is -2.69. The van der Waals surface area contributed by atoms with Crippen molar-refractivity contribution in [3.63, 3.8) is 0 Å². The molecule has 0 unspecified atom stereocenters. The van der Waals surface area contributed by atoms with Crippen LogP contribution in [-0.2, 0) is 10.2 Å². The predicted molar refractivity (Wildman–Crippen MR) is 91.1 cm³/mol. The standard InChI is InChI=1S/C19H19N3O2/c1-12-5-3-4-6-15(12)19(13(2)23)9-14(10-19)24-18-8-7-16-17(21-18)11-20-22-16/h3-8,11,14H,9-10H2,1-2H3,(H,20,22). The molecule has 5 nitrogen and oxygen atoms in total. The zero-order chi connectivity index (χ0) is 16.7. The van der Waals surface area contributed by atoms with E-state index < -0.39 is 5.41 Å². The highest BCUT2D eigenvalue weighted by Crippen LogP contribution is 2.47. The molecule has 0 atom stereocenters. The highest BCUT2D eigenvalue weighted by atomic mass is 16.5. The summed E-state index contributed by atoms with van der Waals surface area (Å²) >= 11 is 0. The molecule has 0 saturated heterocycles. The van der Waals surface area contributed by atoms with Gasteiger partial charge in [0.2, 0.25) is 5.88 Å². The van der Waals surface area contributed by atoms with Gasteiger partial charge in [0.05, 0.1) is 17.1 Å². The van der Waals surface area contributed by atoms with Crippen molar-refractivity contribution in [2.45, 2.75) is 38.2 Å². The number of carbonyl (C=O) groups excluding carboxylic acids is 1. The second-order valence-electron chi connectivity index (χ2n) is 6.55. The second-order valence-corrected chi connectivity index (χ2v) is 6.55. The van der Waals surface area contributed by atoms with Gasteiger partial charge in [-0.05, 0) is 31.0 Å². The zero-order valence-electron chi connectivity index (χ0n) is 13.7. The summed E-state index contributed by atoms with van der Waals surface area (Å²) in [6, 6.07) is 11.9. The fraction of sp³-hybridized carbons (Fsp3) is 0.316. The van der Waals surface area contributed by atoms with Gasteiger partial charge in [-0.2, -0.15) is 5.10 Å². The number of pyridine rings is 1. The molecule has 3 aromatic rings. The number of H-pyrrole nitrogens is 1. The summed E-state index contributed by atoms with van der Waals surface area (Å²) in [6.07, 6.45) is 3.07. The summed E-state index contributed by atoms with van der Waals surface area (Å²) in [7, 11) is 0. The van der Waals surface area contributed by atoms with Crippen molar-refractivity contribution in [3.8, 4) is 5.88 Å². The monoisotopic (exact) mass is 321 g/mol. The normalized spacial score (nSPS) is 23.0. The number of rotatable bonds is 4. The molecule has 122 valence electrons. The molecule has 0 bridgehead atoms. The first kappa shape index (κ1) is 14.9. The number of ketones is 1. The van der Waals surface area contributed by atoms with Gasteiger partial charge in [0.1, 0.15) is 17.4 Å². The Labute approximate surface area is 140 Å². The lowest BCUT2D eigenvalue weighted by Crippen LogP contribution is -2.52. The third-order valence-corrected chi connectivity index (χ3v) is 5.05. The third-order valence-electron chi connectivity index (χ3n) is 5.05. The van der Waals surface area contributed by atoms with E-state index in [1.54, 1.807) is 13.1 Å². The van der Waals surface area contributed by atoms with Crippen molar-refractivity contribution in [1.29, 1.82) is 0 Å². The lowest BCUT2D eigenvalue weighted by atomic mass is 9.59. The van der Waals surface area contributed by atoms with Crippen molar-refractivity contribution in [2.24, 2.45) is 0 Å². The molecular formula is C19H19N3O2. The minimum atomic E-state index is -0.421. The van der Waals surface area contributed by atoms with E-state index in [-0.39, 0.29) is 11.9 Å². The van der Waals surface area contributed by atoms with Crippen LogP contribution in [0.25, 0.3) is 11.0 Å². The number of nitrogens with one attached hydrogen (secondary N) is 1. The Morgan fingerprint density at radius 1 is 1.25 bits per heavy atom. The van der Waals surface area contributed by atoms with Gasteiger partial charge in [-0.15, -0.1) is 0 Å². The van der Waals surface area contributed by atoms with Crippen molar-refractivity contribution < 1.29 is 9.53 Å². The lowest BCUT2D eigenvalue weighted by Gasteiger charge is -2.46. The maximum Gasteiger partial charge on any atom is 0.214 e. The molecule has 24 heavy (non-hydrogen) atoms. The van der Waals surface area contributed by atoms with Gasteiger partial charge in [0, 0.05) is 18.9 Å². The Kier molecular flexibility index (Phi) is 3.37. The number of carbonyl (C=O) groups is 1. The number of hydrogen-bond acceptors (Lipinski definition) is 4. The van der Waals surface area contributed by atoms with Crippen molar-refractivity contribution >= 4 is 16.8 Å². The number of ether oxygens (including phenoxy) is 1. The molecular weight excluding hydrogens is 302 g/mol. The molecule has 5 heteroatoms. The van der Waals surface area contributed by atoms with Crippen LogP contribution in [0.15, 0.2) is 42.6 Å². The first-order valence-corrected chi connectivity index (χ1v) is 8.12. The molecule has 0 amide bonds. The van der Waals surface area contributed by atoms with Gasteiger partial charge < -0.3 is 4.74 Å². The van der Waals surface area contributed by atoms with E-state index in [9.17, 15) is 4.79 Å². The Morgan fingerprint density at radius 2 is 2.04 bits per heavy atom. The fourth-order valence-electron chi connectivity index (χ4n) is 3.66. The Morgan fingerprint density at radius 3 is 2.79 bits per heavy atom. The van der Waals surface area contributed by atoms with E-state index in [0.29, 0.717) is 18.7 Å². The highest BCUT2D eigenvalue weighted by molar-refractivity contribution is 5.89. The molecule has 4 rings (SSSR count). The van der Waals surface area contributed by atoms with E-state index in [0.717, 1.165) is 22.2 Å². The lowest BCUT2D eigenvalue weighted by molar-refractivity contribution is -0.129. The van der Waals surface area contributed by atoms with E-state index in [4.69, 9.17) is 4.74 Å². The fourth-order valence-corrected chi connectivity index (χ4v) is 3.66. The Balaban J connectivity index is 1.54. The number of nitrogens with zero attached hydrogens (tertiary/aromatic N) is 2. The van der Waals surface area contributed by atoms with Crippen LogP contribution >= 0.6 is 0 Å². The minimum Gasteiger partial charge on any atom is -0.474 e. The summed E-state index contributed by atoms with van der Waals surface area (Å²) < 4.78 is 5.99. The van der Waals surface area contributed by atoms with Gasteiger partial charge in [0.25, 0.3) is 0 Å². The molecule has 0 aliphatic heterocycles. The molecule has 1 aromatic carbocycles. The summed E-state index contributed by atoms with van der Waals surface area (Å²) in [5, 5.41) is 6.83. The van der Waals surface area contributed by atoms with Crippen LogP contribution in [0.4, 0.5) is 0 Å². The van der Waals surface area contributed by atoms with Crippen LogP contribution < -0.4 is 4.74 Å². The Bertz CT molecular complexity index is 910. The number of Topliss-reactive ketones (excluding diaryl/α,β-unsaturated/α-hetero) is 1. The molecule has 0 spiro atoms. The van der Waals surface area contributed by atoms with Gasteiger partial charge in [-0.25, -0.2) is 4.98 Å². The van der Waals surface area contributed by atoms with Crippen LogP contribution in [0, 0.1) is 6.92 Å². The van der Waals surface area contributed by atoms with Crippen LogP contribution in [0.5, 0.6) is 5.88 Å². The van der Waals surface area contributed by atoms with Gasteiger partial charge in [-0.3, -0.25) is 9.89 Å². The number of hydrogen-bond donors (Lipinski definition) is 1. The topological polar surface area (TPSA) is 67.9 Å². The second kappa shape index (κ2) is 5.44. The molecule has 1 aliphatic rings. The van der Waals surface area contributed by atoms with E-state index in [2.05, 4.69) is 34.2 Å². The molecule has 0 radical (unpaired) electrons. The molecule has 2 aromatic heterocycles. The zero-order valence-corrected chi connectivity index (χ0v) is 13.7. The van der Waals surface area contributed by atoms with Crippen LogP contribution in [0.1, 0.15) is 30.9 Å². The predicted octanol–water partition coefficient (Wildman–Crippen LogP) is 3.33. The minimum absolute atomic E-state index is 0.00496. The van der Waals surface area contributed by atoms with E-state index in [1.807, 2.05) is 24.3 Å². The van der Waals surface area contributed by atoms with Gasteiger partial charge in [0.15, 0.2) is 0 Å². The van der Waals surface area contributed by atoms with Crippen molar-refractivity contribution in [1.82, 2.24) is 15.2 Å². The van der Waals surface area contributed by atoms with Crippen LogP contribution in [0.3, 0.4) is 0 Å². The van der Waals surface area contributed by atoms with Crippen LogP contribution in [0.2, 0.25) is 0 Å². The van der Waals surface area contributed by atoms with Gasteiger partial charge in [-0.1, -0.05) is 24.3 Å². The van der Waals surface area contributed by atoms with Crippen LogP contribution in [-0.4, -0.2) is 27.1 Å². The maximum absolute atomic E-state index is 12.4. The summed E-state index contributed by atoms with van der Waals surface area (Å²) in [5.41, 5.74) is 3.52. The maximum atomic E-state index is 12.4. The molecule has 2 heterocycles. The molecule has 1 saturated carbocycles. The quantitative estimate of drug-likeness (QED) is 0.800. The van der Waals surface area contributed by atoms with Crippen molar-refractivity contribution in [2.75, 3.05) is 0 Å². The summed E-state index contributed by atoms with van der Waals surface area (Å²) in [4.78, 5) is 16.8. The SMILES string of the molecule is CC(=O)C1(c2ccccc2C)CC(Oc2ccc3[nH]ncc3n2)C1. The average Bonchev–Trinajstić information content (AvgIpc) is 2.98. The van der Waals surface area contributed by atoms with E-state index >= 15 is 0 Å². The number of aromatic amines is 1. The molecule has 1 aliphatic carbocycles. The third kappa shape index (κ3) is 2.28. The number of aryl methyl sites for hydroxylation is 1. The smallest absolute Gasteiger partial charge is 0.214 e. The highest BCUT2D eigenvalue weighted by Gasteiger charge is 2.51. The number of aromatic nitrogens is 3. The van der Waals surface area contributed by atoms with Gasteiger partial charge >= 0.3 is 0 Å². The number of fused-ring (bicyclic) bond motifs is 1. The van der Waals surface area contributed by atoms with E-state index in [1.165, 1.54) is 0 Å². The molecule has 1 N–H and O–H groups in total. The first-order chi connectivity index (χ1) is 11.6. The summed E-state index contributed by atoms with van der Waals surface area (Å²) in [5.74, 6) is 0.783. The average molecular weight is 321 g/mol. The first-order valence-electron chi connectivity index (χ1n) is 8.12. The summed E-state index contributed by atoms with van der Waals surface area (Å²) in [6.45, 7) is 3.74. The van der Waals surface area contributed by atoms with Crippen molar-refractivity contribution in [3.05, 3.63) is 53.7 Å². The largest absolute Gasteiger partial charge is 0.474 e. The number of benzene rings is 1.